The van der Waals surface area contributed by atoms with Gasteiger partial charge < -0.3 is 9.47 Å². The third kappa shape index (κ3) is 8.50. The fraction of sp³-hybridized carbons (Fsp3) is 0.625. The Morgan fingerprint density at radius 1 is 1.21 bits per heavy atom. The van der Waals surface area contributed by atoms with Crippen LogP contribution in [0.25, 0.3) is 0 Å². The molecule has 82 valence electrons. The second-order valence-corrected chi connectivity index (χ2v) is 7.93. The van der Waals surface area contributed by atoms with E-state index in [1.165, 1.54) is 0 Å². The molecule has 0 spiro atoms. The van der Waals surface area contributed by atoms with Crippen LogP contribution in [0.5, 0.6) is 0 Å². The van der Waals surface area contributed by atoms with Crippen LogP contribution in [0.4, 0.5) is 4.79 Å². The van der Waals surface area contributed by atoms with E-state index in [9.17, 15) is 4.79 Å². The summed E-state index contributed by atoms with van der Waals surface area (Å²) in [7, 11) is 0. The quantitative estimate of drug-likeness (QED) is 0.297. The van der Waals surface area contributed by atoms with Crippen molar-refractivity contribution >= 4 is 73.9 Å². The van der Waals surface area contributed by atoms with Crippen molar-refractivity contribution in [1.82, 2.24) is 0 Å². The predicted molar refractivity (Wildman–Crippen MR) is 81.3 cm³/mol. The monoisotopic (exact) mass is 536 g/mol. The van der Waals surface area contributed by atoms with E-state index in [0.29, 0.717) is 13.2 Å². The smallest absolute Gasteiger partial charge is 0.434 e. The number of hydrogen-bond acceptors (Lipinski definition) is 3. The van der Waals surface area contributed by atoms with Gasteiger partial charge in [-0.05, 0) is 74.2 Å². The molecule has 0 saturated carbocycles. The first-order valence-corrected chi connectivity index (χ1v) is 7.30. The zero-order chi connectivity index (χ0) is 11.0. The SMILES string of the molecule is CCCCOC(=O)OCC(I)=C(I)I. The maximum Gasteiger partial charge on any atom is 0.508 e. The summed E-state index contributed by atoms with van der Waals surface area (Å²) < 4.78 is 11.8. The van der Waals surface area contributed by atoms with Crippen LogP contribution in [0.2, 0.25) is 0 Å². The molecule has 0 N–H and O–H groups in total. The first kappa shape index (κ1) is 15.2. The van der Waals surface area contributed by atoms with Crippen molar-refractivity contribution in [1.29, 1.82) is 0 Å². The molecule has 0 aromatic heterocycles. The highest BCUT2D eigenvalue weighted by Gasteiger charge is 2.05. The van der Waals surface area contributed by atoms with Crippen molar-refractivity contribution in [3.8, 4) is 0 Å². The van der Waals surface area contributed by atoms with Crippen LogP contribution in [-0.4, -0.2) is 19.4 Å². The molecule has 0 rings (SSSR count). The maximum absolute atomic E-state index is 11.0. The Kier molecular flexibility index (Phi) is 10.2. The Bertz CT molecular complexity index is 212. The van der Waals surface area contributed by atoms with Gasteiger partial charge in [-0.2, -0.15) is 0 Å². The first-order chi connectivity index (χ1) is 6.57. The fourth-order valence-corrected chi connectivity index (χ4v) is 0.985. The number of carbonyl (C=O) groups excluding carboxylic acids is 1. The molecule has 0 heterocycles. The van der Waals surface area contributed by atoms with E-state index >= 15 is 0 Å². The van der Waals surface area contributed by atoms with Crippen molar-refractivity contribution in [3.05, 3.63) is 5.17 Å². The van der Waals surface area contributed by atoms with Crippen LogP contribution in [0, 0.1) is 0 Å². The van der Waals surface area contributed by atoms with Gasteiger partial charge in [0.15, 0.2) is 0 Å². The van der Waals surface area contributed by atoms with E-state index in [1.807, 2.05) is 6.92 Å². The summed E-state index contributed by atoms with van der Waals surface area (Å²) in [5, 5.41) is 0. The van der Waals surface area contributed by atoms with Gasteiger partial charge in [0.25, 0.3) is 0 Å². The van der Waals surface area contributed by atoms with Crippen molar-refractivity contribution < 1.29 is 14.3 Å². The van der Waals surface area contributed by atoms with Crippen molar-refractivity contribution in [2.45, 2.75) is 19.8 Å². The highest BCUT2D eigenvalue weighted by atomic mass is 127. The maximum atomic E-state index is 11.0. The molecular weight excluding hydrogens is 525 g/mol. The van der Waals surface area contributed by atoms with E-state index in [4.69, 9.17) is 9.47 Å². The van der Waals surface area contributed by atoms with Crippen LogP contribution in [0.3, 0.4) is 0 Å². The van der Waals surface area contributed by atoms with Crippen molar-refractivity contribution in [2.75, 3.05) is 13.2 Å². The number of ether oxygens (including phenoxy) is 2. The van der Waals surface area contributed by atoms with Gasteiger partial charge in [0.05, 0.1) is 8.19 Å². The Balaban J connectivity index is 3.59. The molecular formula is C8H11I3O3. The third-order valence-corrected chi connectivity index (χ3v) is 5.46. The lowest BCUT2D eigenvalue weighted by molar-refractivity contribution is 0.0621. The Labute approximate surface area is 125 Å². The highest BCUT2D eigenvalue weighted by Crippen LogP contribution is 2.25. The van der Waals surface area contributed by atoms with Gasteiger partial charge in [-0.3, -0.25) is 0 Å². The van der Waals surface area contributed by atoms with Gasteiger partial charge in [-0.15, -0.1) is 0 Å². The Morgan fingerprint density at radius 2 is 1.86 bits per heavy atom. The van der Waals surface area contributed by atoms with Crippen LogP contribution >= 0.6 is 67.8 Å². The minimum atomic E-state index is -0.582. The number of unbranched alkanes of at least 4 members (excludes halogenated alkanes) is 1. The molecule has 0 aromatic carbocycles. The van der Waals surface area contributed by atoms with Gasteiger partial charge in [0, 0.05) is 3.58 Å². The Morgan fingerprint density at radius 3 is 2.36 bits per heavy atom. The van der Waals surface area contributed by atoms with Gasteiger partial charge in [-0.25, -0.2) is 4.79 Å². The van der Waals surface area contributed by atoms with E-state index in [2.05, 4.69) is 67.8 Å². The zero-order valence-corrected chi connectivity index (χ0v) is 14.2. The molecule has 0 fully saturated rings. The van der Waals surface area contributed by atoms with E-state index in [0.717, 1.165) is 18.0 Å². The lowest BCUT2D eigenvalue weighted by Crippen LogP contribution is -2.09. The predicted octanol–water partition coefficient (Wildman–Crippen LogP) is 4.41. The summed E-state index contributed by atoms with van der Waals surface area (Å²) in [5.41, 5.74) is 0. The summed E-state index contributed by atoms with van der Waals surface area (Å²) in [4.78, 5) is 11.0. The van der Waals surface area contributed by atoms with Gasteiger partial charge in [0.1, 0.15) is 6.61 Å². The molecule has 0 amide bonds. The minimum absolute atomic E-state index is 0.298. The molecule has 3 nitrogen and oxygen atoms in total. The molecule has 0 aliphatic rings. The molecule has 0 aliphatic heterocycles. The largest absolute Gasteiger partial charge is 0.508 e. The Hall–Kier alpha value is 1.20. The summed E-state index contributed by atoms with van der Waals surface area (Å²) in [5.74, 6) is 0. The number of carbonyl (C=O) groups is 1. The van der Waals surface area contributed by atoms with E-state index in [-0.39, 0.29) is 0 Å². The average molecular weight is 536 g/mol. The fourth-order valence-electron chi connectivity index (χ4n) is 0.518. The molecule has 6 heteroatoms. The second kappa shape index (κ2) is 9.43. The van der Waals surface area contributed by atoms with Crippen molar-refractivity contribution in [3.63, 3.8) is 0 Å². The van der Waals surface area contributed by atoms with E-state index in [1.54, 1.807) is 0 Å². The second-order valence-electron chi connectivity index (χ2n) is 2.41. The molecule has 0 unspecified atom stereocenters. The van der Waals surface area contributed by atoms with Crippen molar-refractivity contribution in [2.24, 2.45) is 0 Å². The summed E-state index contributed by atoms with van der Waals surface area (Å²) in [6, 6.07) is 0. The minimum Gasteiger partial charge on any atom is -0.434 e. The standard InChI is InChI=1S/C8H11I3O3/c1-2-3-4-13-8(12)14-5-6(9)7(10)11/h2-5H2,1H3. The zero-order valence-electron chi connectivity index (χ0n) is 7.69. The normalized spacial score (nSPS) is 9.43. The molecule has 0 atom stereocenters. The van der Waals surface area contributed by atoms with Crippen LogP contribution in [-0.2, 0) is 9.47 Å². The summed E-state index contributed by atoms with van der Waals surface area (Å²) in [6.45, 7) is 2.78. The topological polar surface area (TPSA) is 35.5 Å². The van der Waals surface area contributed by atoms with Crippen LogP contribution < -0.4 is 0 Å². The summed E-state index contributed by atoms with van der Waals surface area (Å²) >= 11 is 6.50. The molecule has 0 aliphatic carbocycles. The summed E-state index contributed by atoms with van der Waals surface area (Å²) in [6.07, 6.45) is 1.31. The van der Waals surface area contributed by atoms with Gasteiger partial charge in [0.2, 0.25) is 0 Å². The number of rotatable bonds is 5. The third-order valence-electron chi connectivity index (χ3n) is 1.24. The highest BCUT2D eigenvalue weighted by molar-refractivity contribution is 14.2. The average Bonchev–Trinajstić information content (AvgIpc) is 2.14. The van der Waals surface area contributed by atoms with Gasteiger partial charge >= 0.3 is 6.16 Å². The molecule has 14 heavy (non-hydrogen) atoms. The molecule has 0 bridgehead atoms. The number of halogens is 3. The lowest BCUT2D eigenvalue weighted by atomic mass is 10.4. The van der Waals surface area contributed by atoms with Crippen LogP contribution in [0.1, 0.15) is 19.8 Å². The lowest BCUT2D eigenvalue weighted by Gasteiger charge is -2.05. The first-order valence-electron chi connectivity index (χ1n) is 4.07. The number of hydrogen-bond donors (Lipinski definition) is 0. The van der Waals surface area contributed by atoms with Crippen LogP contribution in [0.15, 0.2) is 5.17 Å². The van der Waals surface area contributed by atoms with E-state index < -0.39 is 6.16 Å². The van der Waals surface area contributed by atoms with Gasteiger partial charge in [-0.1, -0.05) is 13.3 Å². The molecule has 0 radical (unpaired) electrons. The molecule has 0 saturated heterocycles. The molecule has 0 aromatic rings.